The van der Waals surface area contributed by atoms with Gasteiger partial charge >= 0.3 is 0 Å². The second kappa shape index (κ2) is 5.12. The average molecular weight is 188 g/mol. The summed E-state index contributed by atoms with van der Waals surface area (Å²) < 4.78 is 0. The van der Waals surface area contributed by atoms with Crippen LogP contribution in [0.5, 0.6) is 0 Å². The SMILES string of the molecule is CC(=O)C(=Cc1ccccc1)CC=O. The van der Waals surface area contributed by atoms with Gasteiger partial charge in [0, 0.05) is 12.0 Å². The van der Waals surface area contributed by atoms with Crippen molar-refractivity contribution < 1.29 is 9.59 Å². The van der Waals surface area contributed by atoms with E-state index in [1.807, 2.05) is 30.3 Å². The summed E-state index contributed by atoms with van der Waals surface area (Å²) in [5.74, 6) is -0.0547. The first-order valence-corrected chi connectivity index (χ1v) is 4.44. The summed E-state index contributed by atoms with van der Waals surface area (Å²) in [6.45, 7) is 1.47. The molecule has 0 aromatic heterocycles. The molecule has 72 valence electrons. The van der Waals surface area contributed by atoms with Crippen molar-refractivity contribution in [3.05, 3.63) is 41.5 Å². The van der Waals surface area contributed by atoms with Crippen LogP contribution in [0.1, 0.15) is 18.9 Å². The van der Waals surface area contributed by atoms with Crippen LogP contribution in [-0.4, -0.2) is 12.1 Å². The van der Waals surface area contributed by atoms with E-state index in [-0.39, 0.29) is 12.2 Å². The van der Waals surface area contributed by atoms with Crippen LogP contribution in [-0.2, 0) is 9.59 Å². The Labute approximate surface area is 83.3 Å². The molecule has 14 heavy (non-hydrogen) atoms. The lowest BCUT2D eigenvalue weighted by Crippen LogP contribution is -1.96. The highest BCUT2D eigenvalue weighted by Crippen LogP contribution is 2.09. The minimum absolute atomic E-state index is 0.0547. The summed E-state index contributed by atoms with van der Waals surface area (Å²) in [6.07, 6.45) is 2.68. The molecule has 1 rings (SSSR count). The zero-order chi connectivity index (χ0) is 10.4. The molecule has 0 saturated heterocycles. The Hall–Kier alpha value is -1.70. The molecule has 0 atom stereocenters. The molecule has 0 saturated carbocycles. The molecular weight excluding hydrogens is 176 g/mol. The van der Waals surface area contributed by atoms with Crippen LogP contribution in [0, 0.1) is 0 Å². The Kier molecular flexibility index (Phi) is 3.80. The van der Waals surface area contributed by atoms with Gasteiger partial charge in [-0.25, -0.2) is 0 Å². The van der Waals surface area contributed by atoms with Gasteiger partial charge in [0.1, 0.15) is 6.29 Å². The number of ketones is 1. The average Bonchev–Trinajstić information content (AvgIpc) is 2.18. The van der Waals surface area contributed by atoms with Crippen LogP contribution >= 0.6 is 0 Å². The number of benzene rings is 1. The van der Waals surface area contributed by atoms with E-state index in [2.05, 4.69) is 0 Å². The van der Waals surface area contributed by atoms with E-state index in [0.717, 1.165) is 11.8 Å². The molecule has 0 bridgehead atoms. The van der Waals surface area contributed by atoms with Crippen molar-refractivity contribution in [1.29, 1.82) is 0 Å². The van der Waals surface area contributed by atoms with E-state index < -0.39 is 0 Å². The van der Waals surface area contributed by atoms with E-state index in [1.54, 1.807) is 6.08 Å². The first-order valence-electron chi connectivity index (χ1n) is 4.44. The third-order valence-electron chi connectivity index (χ3n) is 1.90. The van der Waals surface area contributed by atoms with Gasteiger partial charge in [-0.15, -0.1) is 0 Å². The quantitative estimate of drug-likeness (QED) is 0.536. The van der Waals surface area contributed by atoms with Crippen molar-refractivity contribution in [1.82, 2.24) is 0 Å². The number of rotatable bonds is 4. The van der Waals surface area contributed by atoms with Crippen molar-refractivity contribution in [3.8, 4) is 0 Å². The second-order valence-electron chi connectivity index (χ2n) is 3.01. The summed E-state index contributed by atoms with van der Waals surface area (Å²) in [4.78, 5) is 21.4. The van der Waals surface area contributed by atoms with Gasteiger partial charge < -0.3 is 4.79 Å². The zero-order valence-corrected chi connectivity index (χ0v) is 8.07. The maximum absolute atomic E-state index is 11.1. The third kappa shape index (κ3) is 2.98. The van der Waals surface area contributed by atoms with Crippen LogP contribution in [0.2, 0.25) is 0 Å². The monoisotopic (exact) mass is 188 g/mol. The minimum atomic E-state index is -0.0547. The molecule has 0 amide bonds. The number of allylic oxidation sites excluding steroid dienone is 1. The number of Topliss-reactive ketones (excluding diaryl/α,β-unsaturated/α-hetero) is 1. The molecule has 0 unspecified atom stereocenters. The van der Waals surface area contributed by atoms with Crippen molar-refractivity contribution in [3.63, 3.8) is 0 Å². The molecule has 0 heterocycles. The number of carbonyl (C=O) groups excluding carboxylic acids is 2. The molecule has 2 heteroatoms. The van der Waals surface area contributed by atoms with Gasteiger partial charge in [0.2, 0.25) is 0 Å². The van der Waals surface area contributed by atoms with Crippen LogP contribution in [0.15, 0.2) is 35.9 Å². The van der Waals surface area contributed by atoms with Gasteiger partial charge in [-0.1, -0.05) is 30.3 Å². The molecular formula is C12H12O2. The predicted molar refractivity (Wildman–Crippen MR) is 55.8 cm³/mol. The van der Waals surface area contributed by atoms with Gasteiger partial charge in [0.05, 0.1) is 0 Å². The van der Waals surface area contributed by atoms with E-state index in [1.165, 1.54) is 6.92 Å². The standard InChI is InChI=1S/C12H12O2/c1-10(14)12(7-8-13)9-11-5-3-2-4-6-11/h2-6,8-9H,7H2,1H3. The maximum Gasteiger partial charge on any atom is 0.156 e. The van der Waals surface area contributed by atoms with Gasteiger partial charge in [-0.3, -0.25) is 4.79 Å². The molecule has 1 aromatic rings. The molecule has 2 nitrogen and oxygen atoms in total. The Morgan fingerprint density at radius 2 is 1.93 bits per heavy atom. The molecule has 1 aromatic carbocycles. The number of carbonyl (C=O) groups is 2. The lowest BCUT2D eigenvalue weighted by atomic mass is 10.1. The molecule has 0 aliphatic heterocycles. The first-order chi connectivity index (χ1) is 6.74. The lowest BCUT2D eigenvalue weighted by Gasteiger charge is -1.98. The topological polar surface area (TPSA) is 34.1 Å². The normalized spacial score (nSPS) is 11.1. The van der Waals surface area contributed by atoms with Crippen LogP contribution in [0.25, 0.3) is 6.08 Å². The molecule has 0 radical (unpaired) electrons. The highest BCUT2D eigenvalue weighted by molar-refractivity contribution is 5.99. The highest BCUT2D eigenvalue weighted by Gasteiger charge is 2.02. The number of hydrogen-bond donors (Lipinski definition) is 0. The smallest absolute Gasteiger partial charge is 0.156 e. The Balaban J connectivity index is 2.93. The van der Waals surface area contributed by atoms with Crippen molar-refractivity contribution >= 4 is 18.1 Å². The summed E-state index contributed by atoms with van der Waals surface area (Å²) in [5.41, 5.74) is 1.49. The summed E-state index contributed by atoms with van der Waals surface area (Å²) >= 11 is 0. The molecule has 0 aliphatic rings. The van der Waals surface area contributed by atoms with Crippen LogP contribution in [0.4, 0.5) is 0 Å². The van der Waals surface area contributed by atoms with E-state index in [4.69, 9.17) is 0 Å². The van der Waals surface area contributed by atoms with E-state index >= 15 is 0 Å². The minimum Gasteiger partial charge on any atom is -0.303 e. The largest absolute Gasteiger partial charge is 0.303 e. The first kappa shape index (κ1) is 10.4. The highest BCUT2D eigenvalue weighted by atomic mass is 16.1. The number of hydrogen-bond acceptors (Lipinski definition) is 2. The summed E-state index contributed by atoms with van der Waals surface area (Å²) in [5, 5.41) is 0. The Morgan fingerprint density at radius 1 is 1.29 bits per heavy atom. The molecule has 0 spiro atoms. The summed E-state index contributed by atoms with van der Waals surface area (Å²) in [7, 11) is 0. The fraction of sp³-hybridized carbons (Fsp3) is 0.167. The Morgan fingerprint density at radius 3 is 2.43 bits per heavy atom. The fourth-order valence-electron chi connectivity index (χ4n) is 1.14. The fourth-order valence-corrected chi connectivity index (χ4v) is 1.14. The van der Waals surface area contributed by atoms with Crippen molar-refractivity contribution in [2.24, 2.45) is 0 Å². The lowest BCUT2D eigenvalue weighted by molar-refractivity contribution is -0.115. The van der Waals surface area contributed by atoms with E-state index in [0.29, 0.717) is 5.57 Å². The summed E-state index contributed by atoms with van der Waals surface area (Å²) in [6, 6.07) is 9.49. The van der Waals surface area contributed by atoms with Crippen molar-refractivity contribution in [2.45, 2.75) is 13.3 Å². The van der Waals surface area contributed by atoms with Gasteiger partial charge in [0.15, 0.2) is 5.78 Å². The van der Waals surface area contributed by atoms with Crippen LogP contribution in [0.3, 0.4) is 0 Å². The predicted octanol–water partition coefficient (Wildman–Crippen LogP) is 2.25. The second-order valence-corrected chi connectivity index (χ2v) is 3.01. The van der Waals surface area contributed by atoms with Gasteiger partial charge in [-0.2, -0.15) is 0 Å². The molecule has 0 fully saturated rings. The third-order valence-corrected chi connectivity index (χ3v) is 1.90. The maximum atomic E-state index is 11.1. The van der Waals surface area contributed by atoms with Gasteiger partial charge in [0.25, 0.3) is 0 Å². The van der Waals surface area contributed by atoms with Crippen LogP contribution < -0.4 is 0 Å². The zero-order valence-electron chi connectivity index (χ0n) is 8.07. The molecule has 0 aliphatic carbocycles. The van der Waals surface area contributed by atoms with E-state index in [9.17, 15) is 9.59 Å². The Bertz CT molecular complexity index is 350. The van der Waals surface area contributed by atoms with Gasteiger partial charge in [-0.05, 0) is 18.6 Å². The number of aldehydes is 1. The molecule has 0 N–H and O–H groups in total. The van der Waals surface area contributed by atoms with Crippen molar-refractivity contribution in [2.75, 3.05) is 0 Å².